The molecule has 0 aliphatic heterocycles. The molecule has 0 spiro atoms. The first-order chi connectivity index (χ1) is 9.50. The maximum atomic E-state index is 13.0. The largest absolute Gasteiger partial charge is 0.300 e. The van der Waals surface area contributed by atoms with Gasteiger partial charge in [0.1, 0.15) is 5.54 Å². The smallest absolute Gasteiger partial charge is 0.159 e. The van der Waals surface area contributed by atoms with Crippen molar-refractivity contribution in [2.24, 2.45) is 0 Å². The van der Waals surface area contributed by atoms with Crippen LogP contribution in [0.15, 0.2) is 23.1 Å². The second kappa shape index (κ2) is 8.23. The lowest BCUT2D eigenvalue weighted by Crippen LogP contribution is -2.40. The predicted octanol–water partition coefficient (Wildman–Crippen LogP) is 4.12. The zero-order valence-electron chi connectivity index (χ0n) is 11.9. The first kappa shape index (κ1) is 16.9. The van der Waals surface area contributed by atoms with Crippen molar-refractivity contribution in [2.45, 2.75) is 43.5 Å². The van der Waals surface area contributed by atoms with E-state index < -0.39 is 17.2 Å². The summed E-state index contributed by atoms with van der Waals surface area (Å²) in [6, 6.07) is 6.25. The molecule has 110 valence electrons. The van der Waals surface area contributed by atoms with Gasteiger partial charge in [-0.05, 0) is 56.7 Å². The van der Waals surface area contributed by atoms with E-state index in [4.69, 9.17) is 5.26 Å². The van der Waals surface area contributed by atoms with Crippen molar-refractivity contribution >= 4 is 11.8 Å². The normalized spacial score (nSPS) is 13.8. The van der Waals surface area contributed by atoms with Crippen LogP contribution in [-0.4, -0.2) is 17.8 Å². The Morgan fingerprint density at radius 1 is 1.30 bits per heavy atom. The van der Waals surface area contributed by atoms with Crippen molar-refractivity contribution < 1.29 is 8.78 Å². The summed E-state index contributed by atoms with van der Waals surface area (Å²) < 4.78 is 25.8. The number of nitrogens with zero attached hydrogens (tertiary/aromatic N) is 1. The molecule has 0 amide bonds. The van der Waals surface area contributed by atoms with Gasteiger partial charge in [-0.2, -0.15) is 5.26 Å². The zero-order chi connectivity index (χ0) is 15.0. The number of halogens is 2. The highest BCUT2D eigenvalue weighted by molar-refractivity contribution is 7.99. The monoisotopic (exact) mass is 298 g/mol. The Morgan fingerprint density at radius 3 is 2.65 bits per heavy atom. The van der Waals surface area contributed by atoms with Crippen LogP contribution >= 0.6 is 11.8 Å². The molecule has 0 heterocycles. The topological polar surface area (TPSA) is 35.8 Å². The number of nitriles is 1. The zero-order valence-corrected chi connectivity index (χ0v) is 12.7. The van der Waals surface area contributed by atoms with Gasteiger partial charge in [0, 0.05) is 4.90 Å². The lowest BCUT2D eigenvalue weighted by molar-refractivity contribution is 0.415. The van der Waals surface area contributed by atoms with E-state index >= 15 is 0 Å². The number of thioether (sulfide) groups is 1. The summed E-state index contributed by atoms with van der Waals surface area (Å²) in [5.74, 6) is -0.789. The van der Waals surface area contributed by atoms with Crippen molar-refractivity contribution in [2.75, 3.05) is 12.3 Å². The highest BCUT2D eigenvalue weighted by Gasteiger charge is 2.21. The predicted molar refractivity (Wildman–Crippen MR) is 78.6 cm³/mol. The summed E-state index contributed by atoms with van der Waals surface area (Å²) in [6.07, 6.45) is 2.65. The summed E-state index contributed by atoms with van der Waals surface area (Å²) in [7, 11) is 0. The second-order valence-corrected chi connectivity index (χ2v) is 6.02. The summed E-state index contributed by atoms with van der Waals surface area (Å²) >= 11 is 1.50. The van der Waals surface area contributed by atoms with E-state index in [-0.39, 0.29) is 0 Å². The van der Waals surface area contributed by atoms with Crippen LogP contribution in [0.2, 0.25) is 0 Å². The van der Waals surface area contributed by atoms with E-state index in [2.05, 4.69) is 11.4 Å². The maximum Gasteiger partial charge on any atom is 0.159 e. The molecule has 1 aromatic carbocycles. The third kappa shape index (κ3) is 5.48. The SMILES string of the molecule is CCNC(C)(C#N)CCCCSc1ccc(F)c(F)c1. The van der Waals surface area contributed by atoms with Crippen molar-refractivity contribution in [3.63, 3.8) is 0 Å². The van der Waals surface area contributed by atoms with Gasteiger partial charge in [0.2, 0.25) is 0 Å². The first-order valence-corrected chi connectivity index (χ1v) is 7.73. The van der Waals surface area contributed by atoms with Gasteiger partial charge in [0.05, 0.1) is 6.07 Å². The number of benzene rings is 1. The maximum absolute atomic E-state index is 13.0. The average Bonchev–Trinajstić information content (AvgIpc) is 2.42. The number of rotatable bonds is 8. The fourth-order valence-corrected chi connectivity index (χ4v) is 2.85. The highest BCUT2D eigenvalue weighted by atomic mass is 32.2. The minimum atomic E-state index is -0.815. The fourth-order valence-electron chi connectivity index (χ4n) is 1.91. The Balaban J connectivity index is 2.28. The molecule has 20 heavy (non-hydrogen) atoms. The standard InChI is InChI=1S/C15H20F2N2S/c1-3-19-15(2,11-18)8-4-5-9-20-12-6-7-13(16)14(17)10-12/h6-7,10,19H,3-5,8-9H2,1-2H3. The molecule has 2 nitrogen and oxygen atoms in total. The van der Waals surface area contributed by atoms with E-state index in [0.717, 1.165) is 42.5 Å². The van der Waals surface area contributed by atoms with Crippen LogP contribution in [0.5, 0.6) is 0 Å². The van der Waals surface area contributed by atoms with Gasteiger partial charge in [-0.1, -0.05) is 6.92 Å². The Morgan fingerprint density at radius 2 is 2.05 bits per heavy atom. The third-order valence-electron chi connectivity index (χ3n) is 3.04. The van der Waals surface area contributed by atoms with Crippen LogP contribution in [0.25, 0.3) is 0 Å². The molecule has 0 fully saturated rings. The molecular formula is C15H20F2N2S. The van der Waals surface area contributed by atoms with Crippen molar-refractivity contribution in [1.82, 2.24) is 5.32 Å². The molecule has 1 atom stereocenters. The molecule has 0 aromatic heterocycles. The Hall–Kier alpha value is -1.12. The van der Waals surface area contributed by atoms with Crippen molar-refractivity contribution in [3.8, 4) is 6.07 Å². The summed E-state index contributed by atoms with van der Waals surface area (Å²) in [5.41, 5.74) is -0.471. The summed E-state index contributed by atoms with van der Waals surface area (Å²) in [4.78, 5) is 0.735. The first-order valence-electron chi connectivity index (χ1n) is 6.75. The van der Waals surface area contributed by atoms with Crippen LogP contribution in [0.1, 0.15) is 33.1 Å². The van der Waals surface area contributed by atoms with Crippen LogP contribution in [0, 0.1) is 23.0 Å². The van der Waals surface area contributed by atoms with E-state index in [9.17, 15) is 8.78 Å². The molecule has 0 aliphatic carbocycles. The van der Waals surface area contributed by atoms with Crippen LogP contribution in [0.3, 0.4) is 0 Å². The number of nitrogens with one attached hydrogen (secondary N) is 1. The van der Waals surface area contributed by atoms with Gasteiger partial charge in [0.15, 0.2) is 11.6 Å². The van der Waals surface area contributed by atoms with Crippen molar-refractivity contribution in [1.29, 1.82) is 5.26 Å². The van der Waals surface area contributed by atoms with Crippen LogP contribution in [-0.2, 0) is 0 Å². The quantitative estimate of drug-likeness (QED) is 0.579. The molecule has 0 aliphatic rings. The highest BCUT2D eigenvalue weighted by Crippen LogP contribution is 2.22. The molecule has 1 unspecified atom stereocenters. The molecule has 5 heteroatoms. The molecule has 1 N–H and O–H groups in total. The van der Waals surface area contributed by atoms with Crippen LogP contribution < -0.4 is 5.32 Å². The van der Waals surface area contributed by atoms with Gasteiger partial charge >= 0.3 is 0 Å². The van der Waals surface area contributed by atoms with Crippen LogP contribution in [0.4, 0.5) is 8.78 Å². The van der Waals surface area contributed by atoms with Gasteiger partial charge in [0.25, 0.3) is 0 Å². The second-order valence-electron chi connectivity index (χ2n) is 4.86. The Kier molecular flexibility index (Phi) is 6.97. The minimum absolute atomic E-state index is 0.471. The third-order valence-corrected chi connectivity index (χ3v) is 4.12. The van der Waals surface area contributed by atoms with E-state index in [0.29, 0.717) is 0 Å². The van der Waals surface area contributed by atoms with Gasteiger partial charge in [-0.25, -0.2) is 8.78 Å². The molecule has 0 radical (unpaired) electrons. The number of hydrogen-bond donors (Lipinski definition) is 1. The van der Waals surface area contributed by atoms with Gasteiger partial charge in [-0.3, -0.25) is 5.32 Å². The van der Waals surface area contributed by atoms with E-state index in [1.165, 1.54) is 17.8 Å². The van der Waals surface area contributed by atoms with Gasteiger partial charge < -0.3 is 0 Å². The summed E-state index contributed by atoms with van der Waals surface area (Å²) in [6.45, 7) is 4.65. The lowest BCUT2D eigenvalue weighted by atomic mass is 9.97. The van der Waals surface area contributed by atoms with E-state index in [1.807, 2.05) is 13.8 Å². The Bertz CT molecular complexity index is 473. The molecule has 0 saturated heterocycles. The van der Waals surface area contributed by atoms with Crippen molar-refractivity contribution in [3.05, 3.63) is 29.8 Å². The molecule has 0 saturated carbocycles. The molecular weight excluding hydrogens is 278 g/mol. The molecule has 1 rings (SSSR count). The van der Waals surface area contributed by atoms with E-state index in [1.54, 1.807) is 6.07 Å². The molecule has 0 bridgehead atoms. The molecule has 1 aromatic rings. The summed E-state index contributed by atoms with van der Waals surface area (Å²) in [5, 5.41) is 12.3. The number of hydrogen-bond acceptors (Lipinski definition) is 3. The minimum Gasteiger partial charge on any atom is -0.300 e. The lowest BCUT2D eigenvalue weighted by Gasteiger charge is -2.22. The fraction of sp³-hybridized carbons (Fsp3) is 0.533. The Labute approximate surface area is 123 Å². The average molecular weight is 298 g/mol. The van der Waals surface area contributed by atoms with Gasteiger partial charge in [-0.15, -0.1) is 11.8 Å². The number of unbranched alkanes of at least 4 members (excludes halogenated alkanes) is 1.